The second-order valence-corrected chi connectivity index (χ2v) is 5.19. The molecule has 1 fully saturated rings. The summed E-state index contributed by atoms with van der Waals surface area (Å²) >= 11 is 0. The second kappa shape index (κ2) is 5.44. The smallest absolute Gasteiger partial charge is 0.168 e. The van der Waals surface area contributed by atoms with Crippen molar-refractivity contribution in [3.05, 3.63) is 18.3 Å². The molecule has 1 aliphatic heterocycles. The molecule has 20 heavy (non-hydrogen) atoms. The van der Waals surface area contributed by atoms with Crippen LogP contribution in [0.1, 0.15) is 45.0 Å². The molecule has 0 aromatic carbocycles. The number of aromatic nitrogens is 4. The van der Waals surface area contributed by atoms with E-state index in [9.17, 15) is 4.39 Å². The van der Waals surface area contributed by atoms with E-state index < -0.39 is 12.4 Å². The molecule has 3 heterocycles. The van der Waals surface area contributed by atoms with Gasteiger partial charge < -0.3 is 4.74 Å². The van der Waals surface area contributed by atoms with Crippen molar-refractivity contribution < 1.29 is 9.13 Å². The SMILES string of the molecule is CCCC1CC(F)C(n2cnc3c(CC)ncnc32)O1. The Morgan fingerprint density at radius 2 is 2.20 bits per heavy atom. The number of fused-ring (bicyclic) bond motifs is 1. The number of imidazole rings is 1. The van der Waals surface area contributed by atoms with Gasteiger partial charge >= 0.3 is 0 Å². The van der Waals surface area contributed by atoms with Crippen molar-refractivity contribution in [3.63, 3.8) is 0 Å². The summed E-state index contributed by atoms with van der Waals surface area (Å²) in [7, 11) is 0. The summed E-state index contributed by atoms with van der Waals surface area (Å²) in [5, 5.41) is 0. The Morgan fingerprint density at radius 1 is 1.35 bits per heavy atom. The van der Waals surface area contributed by atoms with Crippen LogP contribution in [0.3, 0.4) is 0 Å². The second-order valence-electron chi connectivity index (χ2n) is 5.19. The normalized spacial score (nSPS) is 26.4. The summed E-state index contributed by atoms with van der Waals surface area (Å²) in [5.74, 6) is 0. The summed E-state index contributed by atoms with van der Waals surface area (Å²) in [5.41, 5.74) is 2.28. The average molecular weight is 278 g/mol. The van der Waals surface area contributed by atoms with Crippen LogP contribution < -0.4 is 0 Å². The van der Waals surface area contributed by atoms with Gasteiger partial charge in [0.05, 0.1) is 18.1 Å². The maximum atomic E-state index is 14.2. The van der Waals surface area contributed by atoms with Crippen molar-refractivity contribution in [1.82, 2.24) is 19.5 Å². The highest BCUT2D eigenvalue weighted by Crippen LogP contribution is 2.34. The molecular formula is C14H19FN4O. The van der Waals surface area contributed by atoms with E-state index in [2.05, 4.69) is 21.9 Å². The van der Waals surface area contributed by atoms with Crippen molar-refractivity contribution in [1.29, 1.82) is 0 Å². The van der Waals surface area contributed by atoms with Crippen molar-refractivity contribution in [2.45, 2.75) is 58.0 Å². The van der Waals surface area contributed by atoms with Crippen LogP contribution in [0.15, 0.2) is 12.7 Å². The average Bonchev–Trinajstić information content (AvgIpc) is 3.02. The number of hydrogen-bond donors (Lipinski definition) is 0. The summed E-state index contributed by atoms with van der Waals surface area (Å²) in [6.07, 6.45) is 4.60. The molecule has 0 saturated carbocycles. The Bertz CT molecular complexity index is 600. The number of hydrogen-bond acceptors (Lipinski definition) is 4. The van der Waals surface area contributed by atoms with Crippen molar-refractivity contribution in [2.24, 2.45) is 0 Å². The molecule has 0 N–H and O–H groups in total. The van der Waals surface area contributed by atoms with Gasteiger partial charge in [0.25, 0.3) is 0 Å². The summed E-state index contributed by atoms with van der Waals surface area (Å²) in [6.45, 7) is 4.10. The van der Waals surface area contributed by atoms with Crippen LogP contribution in [0.4, 0.5) is 4.39 Å². The fraction of sp³-hybridized carbons (Fsp3) is 0.643. The van der Waals surface area contributed by atoms with E-state index >= 15 is 0 Å². The lowest BCUT2D eigenvalue weighted by Gasteiger charge is -2.15. The minimum atomic E-state index is -1.01. The fourth-order valence-electron chi connectivity index (χ4n) is 2.80. The molecular weight excluding hydrogens is 259 g/mol. The monoisotopic (exact) mass is 278 g/mol. The molecule has 1 saturated heterocycles. The molecule has 0 aliphatic carbocycles. The molecule has 108 valence electrons. The van der Waals surface area contributed by atoms with E-state index in [1.54, 1.807) is 10.9 Å². The molecule has 3 rings (SSSR count). The molecule has 1 aliphatic rings. The van der Waals surface area contributed by atoms with Gasteiger partial charge in [0.15, 0.2) is 11.9 Å². The zero-order chi connectivity index (χ0) is 14.1. The molecule has 5 nitrogen and oxygen atoms in total. The van der Waals surface area contributed by atoms with E-state index in [0.717, 1.165) is 30.5 Å². The Morgan fingerprint density at radius 3 is 2.95 bits per heavy atom. The predicted molar refractivity (Wildman–Crippen MR) is 73.0 cm³/mol. The first-order valence-corrected chi connectivity index (χ1v) is 7.20. The zero-order valence-electron chi connectivity index (χ0n) is 11.8. The predicted octanol–water partition coefficient (Wildman–Crippen LogP) is 2.81. The standard InChI is InChI=1S/C14H19FN4O/c1-3-5-9-6-10(15)14(20-9)19-8-18-12-11(4-2)16-7-17-13(12)19/h7-10,14H,3-6H2,1-2H3. The van der Waals surface area contributed by atoms with E-state index in [-0.39, 0.29) is 6.10 Å². The molecule has 2 aromatic rings. The highest BCUT2D eigenvalue weighted by molar-refractivity contribution is 5.73. The van der Waals surface area contributed by atoms with Gasteiger partial charge in [0, 0.05) is 6.42 Å². The van der Waals surface area contributed by atoms with E-state index in [0.29, 0.717) is 12.1 Å². The van der Waals surface area contributed by atoms with E-state index in [1.807, 2.05) is 6.92 Å². The largest absolute Gasteiger partial charge is 0.351 e. The van der Waals surface area contributed by atoms with Crippen LogP contribution in [0, 0.1) is 0 Å². The topological polar surface area (TPSA) is 52.8 Å². The molecule has 3 atom stereocenters. The highest BCUT2D eigenvalue weighted by Gasteiger charge is 2.37. The van der Waals surface area contributed by atoms with Crippen molar-refractivity contribution >= 4 is 11.2 Å². The van der Waals surface area contributed by atoms with Crippen LogP contribution in [0.2, 0.25) is 0 Å². The number of aryl methyl sites for hydroxylation is 1. The summed E-state index contributed by atoms with van der Waals surface area (Å²) < 4.78 is 21.8. The number of rotatable bonds is 4. The van der Waals surface area contributed by atoms with Gasteiger partial charge in [0.1, 0.15) is 18.0 Å². The van der Waals surface area contributed by atoms with Crippen LogP contribution in [0.25, 0.3) is 11.2 Å². The summed E-state index contributed by atoms with van der Waals surface area (Å²) in [6, 6.07) is 0. The maximum Gasteiger partial charge on any atom is 0.168 e. The van der Waals surface area contributed by atoms with Gasteiger partial charge in [-0.1, -0.05) is 20.3 Å². The third-order valence-electron chi connectivity index (χ3n) is 3.78. The highest BCUT2D eigenvalue weighted by atomic mass is 19.1. The molecule has 0 amide bonds. The van der Waals surface area contributed by atoms with Crippen LogP contribution in [-0.2, 0) is 11.2 Å². The van der Waals surface area contributed by atoms with Gasteiger partial charge in [-0.2, -0.15) is 0 Å². The van der Waals surface area contributed by atoms with E-state index in [1.165, 1.54) is 6.33 Å². The maximum absolute atomic E-state index is 14.2. The third-order valence-corrected chi connectivity index (χ3v) is 3.78. The Balaban J connectivity index is 1.95. The Hall–Kier alpha value is -1.56. The molecule has 6 heteroatoms. The molecule has 0 bridgehead atoms. The first-order chi connectivity index (χ1) is 9.74. The van der Waals surface area contributed by atoms with Crippen LogP contribution in [0.5, 0.6) is 0 Å². The minimum absolute atomic E-state index is 0.00932. The fourth-order valence-corrected chi connectivity index (χ4v) is 2.80. The Labute approximate surface area is 117 Å². The first kappa shape index (κ1) is 13.4. The van der Waals surface area contributed by atoms with Crippen LogP contribution >= 0.6 is 0 Å². The lowest BCUT2D eigenvalue weighted by atomic mass is 10.1. The van der Waals surface area contributed by atoms with Gasteiger partial charge in [-0.15, -0.1) is 0 Å². The molecule has 0 spiro atoms. The number of ether oxygens (including phenoxy) is 1. The zero-order valence-corrected chi connectivity index (χ0v) is 11.8. The minimum Gasteiger partial charge on any atom is -0.351 e. The molecule has 3 unspecified atom stereocenters. The lowest BCUT2D eigenvalue weighted by Crippen LogP contribution is -2.16. The number of alkyl halides is 1. The first-order valence-electron chi connectivity index (χ1n) is 7.20. The van der Waals surface area contributed by atoms with Crippen molar-refractivity contribution in [3.8, 4) is 0 Å². The number of nitrogens with zero attached hydrogens (tertiary/aromatic N) is 4. The van der Waals surface area contributed by atoms with Gasteiger partial charge in [-0.3, -0.25) is 4.57 Å². The third kappa shape index (κ3) is 2.18. The Kier molecular flexibility index (Phi) is 3.65. The van der Waals surface area contributed by atoms with Gasteiger partial charge in [0.2, 0.25) is 0 Å². The van der Waals surface area contributed by atoms with Crippen molar-refractivity contribution in [2.75, 3.05) is 0 Å². The van der Waals surface area contributed by atoms with Gasteiger partial charge in [-0.05, 0) is 12.8 Å². The molecule has 0 radical (unpaired) electrons. The lowest BCUT2D eigenvalue weighted by molar-refractivity contribution is -0.0190. The van der Waals surface area contributed by atoms with E-state index in [4.69, 9.17) is 4.74 Å². The summed E-state index contributed by atoms with van der Waals surface area (Å²) in [4.78, 5) is 12.8. The molecule has 2 aromatic heterocycles. The number of halogens is 1. The quantitative estimate of drug-likeness (QED) is 0.863. The van der Waals surface area contributed by atoms with Gasteiger partial charge in [-0.25, -0.2) is 19.3 Å². The van der Waals surface area contributed by atoms with Crippen LogP contribution in [-0.4, -0.2) is 31.8 Å².